The van der Waals surface area contributed by atoms with Gasteiger partial charge in [-0.3, -0.25) is 4.84 Å². The second-order valence-corrected chi connectivity index (χ2v) is 1.79. The van der Waals surface area contributed by atoms with Crippen LogP contribution in [0.15, 0.2) is 0 Å². The highest BCUT2D eigenvalue weighted by molar-refractivity contribution is 5.35. The van der Waals surface area contributed by atoms with Gasteiger partial charge in [0.25, 0.3) is 5.95 Å². The first-order chi connectivity index (χ1) is 5.72. The number of hydrogen-bond acceptors (Lipinski definition) is 8. The zero-order valence-corrected chi connectivity index (χ0v) is 6.19. The molecule has 0 spiro atoms. The SMILES string of the molecule is NCONc1nc(N)nc(N)n1. The Balaban J connectivity index is 2.72. The number of nitrogen functional groups attached to an aromatic ring is 2. The Morgan fingerprint density at radius 3 is 2.25 bits per heavy atom. The van der Waals surface area contributed by atoms with E-state index in [1.807, 2.05) is 0 Å². The number of rotatable bonds is 3. The Kier molecular flexibility index (Phi) is 2.56. The fourth-order valence-electron chi connectivity index (χ4n) is 0.561. The van der Waals surface area contributed by atoms with Gasteiger partial charge in [-0.2, -0.15) is 15.0 Å². The lowest BCUT2D eigenvalue weighted by molar-refractivity contribution is 0.199. The quantitative estimate of drug-likeness (QED) is 0.311. The molecule has 0 bridgehead atoms. The Bertz CT molecular complexity index is 243. The van der Waals surface area contributed by atoms with Crippen LogP contribution in [-0.2, 0) is 4.84 Å². The highest BCUT2D eigenvalue weighted by atomic mass is 16.7. The number of nitrogens with two attached hydrogens (primary N) is 3. The van der Waals surface area contributed by atoms with Crippen LogP contribution in [0.3, 0.4) is 0 Å². The lowest BCUT2D eigenvalue weighted by Crippen LogP contribution is -2.14. The van der Waals surface area contributed by atoms with Crippen LogP contribution in [0.2, 0.25) is 0 Å². The molecular formula is C4H9N7O. The van der Waals surface area contributed by atoms with E-state index in [2.05, 4.69) is 25.3 Å². The van der Waals surface area contributed by atoms with Crippen LogP contribution >= 0.6 is 0 Å². The van der Waals surface area contributed by atoms with Crippen molar-refractivity contribution < 1.29 is 4.84 Å². The van der Waals surface area contributed by atoms with Crippen LogP contribution in [0.5, 0.6) is 0 Å². The predicted octanol–water partition coefficient (Wildman–Crippen LogP) is -1.70. The highest BCUT2D eigenvalue weighted by Crippen LogP contribution is 2.02. The lowest BCUT2D eigenvalue weighted by Gasteiger charge is -2.02. The number of aromatic nitrogens is 3. The normalized spacial score (nSPS) is 9.75. The van der Waals surface area contributed by atoms with Crippen molar-refractivity contribution in [2.75, 3.05) is 23.7 Å². The van der Waals surface area contributed by atoms with Crippen LogP contribution in [0.1, 0.15) is 0 Å². The molecule has 8 heteroatoms. The second-order valence-electron chi connectivity index (χ2n) is 1.79. The zero-order valence-electron chi connectivity index (χ0n) is 6.19. The van der Waals surface area contributed by atoms with Gasteiger partial charge < -0.3 is 17.2 Å². The number of anilines is 3. The molecule has 0 saturated carbocycles. The maximum absolute atomic E-state index is 5.26. The summed E-state index contributed by atoms with van der Waals surface area (Å²) in [4.78, 5) is 15.5. The van der Waals surface area contributed by atoms with Gasteiger partial charge in [-0.1, -0.05) is 0 Å². The third-order valence-electron chi connectivity index (χ3n) is 0.917. The molecule has 0 aromatic carbocycles. The van der Waals surface area contributed by atoms with Crippen molar-refractivity contribution in [1.29, 1.82) is 0 Å². The first kappa shape index (κ1) is 8.43. The Morgan fingerprint density at radius 2 is 1.75 bits per heavy atom. The van der Waals surface area contributed by atoms with Crippen molar-refractivity contribution in [2.24, 2.45) is 5.73 Å². The third-order valence-corrected chi connectivity index (χ3v) is 0.917. The van der Waals surface area contributed by atoms with E-state index >= 15 is 0 Å². The summed E-state index contributed by atoms with van der Waals surface area (Å²) in [7, 11) is 0. The van der Waals surface area contributed by atoms with Crippen LogP contribution in [0.4, 0.5) is 17.8 Å². The molecule has 1 aromatic heterocycles. The van der Waals surface area contributed by atoms with E-state index in [1.165, 1.54) is 0 Å². The van der Waals surface area contributed by atoms with Crippen molar-refractivity contribution >= 4 is 17.8 Å². The van der Waals surface area contributed by atoms with Crippen LogP contribution in [0, 0.1) is 0 Å². The minimum atomic E-state index is -0.00844. The fourth-order valence-corrected chi connectivity index (χ4v) is 0.561. The molecule has 0 atom stereocenters. The monoisotopic (exact) mass is 171 g/mol. The Morgan fingerprint density at radius 1 is 1.17 bits per heavy atom. The molecule has 1 aromatic rings. The van der Waals surface area contributed by atoms with Gasteiger partial charge in [0.1, 0.15) is 6.73 Å². The topological polar surface area (TPSA) is 138 Å². The van der Waals surface area contributed by atoms with Gasteiger partial charge in [-0.15, -0.1) is 0 Å². The van der Waals surface area contributed by atoms with E-state index < -0.39 is 0 Å². The van der Waals surface area contributed by atoms with E-state index in [4.69, 9.17) is 17.2 Å². The van der Waals surface area contributed by atoms with E-state index in [0.29, 0.717) is 0 Å². The first-order valence-corrected chi connectivity index (χ1v) is 3.07. The average Bonchev–Trinajstić information content (AvgIpc) is 1.99. The first-order valence-electron chi connectivity index (χ1n) is 3.07. The second kappa shape index (κ2) is 3.64. The van der Waals surface area contributed by atoms with Gasteiger partial charge in [-0.25, -0.2) is 5.48 Å². The van der Waals surface area contributed by atoms with Gasteiger partial charge >= 0.3 is 0 Å². The molecule has 0 amide bonds. The predicted molar refractivity (Wildman–Crippen MR) is 42.4 cm³/mol. The number of nitrogens with zero attached hydrogens (tertiary/aromatic N) is 3. The number of hydrogen-bond donors (Lipinski definition) is 4. The molecule has 0 aliphatic heterocycles. The van der Waals surface area contributed by atoms with E-state index in [0.717, 1.165) is 0 Å². The molecule has 0 aliphatic rings. The van der Waals surface area contributed by atoms with Crippen LogP contribution in [-0.4, -0.2) is 21.7 Å². The molecule has 0 radical (unpaired) electrons. The lowest BCUT2D eigenvalue weighted by atomic mass is 10.8. The minimum Gasteiger partial charge on any atom is -0.368 e. The van der Waals surface area contributed by atoms with Crippen molar-refractivity contribution in [1.82, 2.24) is 15.0 Å². The van der Waals surface area contributed by atoms with Gasteiger partial charge in [0, 0.05) is 0 Å². The molecule has 66 valence electrons. The Labute approximate surface area is 68.1 Å². The molecule has 1 heterocycles. The summed E-state index contributed by atoms with van der Waals surface area (Å²) in [6.07, 6.45) is 0. The van der Waals surface area contributed by atoms with E-state index in [9.17, 15) is 0 Å². The van der Waals surface area contributed by atoms with Crippen LogP contribution < -0.4 is 22.7 Å². The molecule has 0 unspecified atom stereocenters. The van der Waals surface area contributed by atoms with Gasteiger partial charge in [0.2, 0.25) is 11.9 Å². The summed E-state index contributed by atoms with van der Waals surface area (Å²) in [5, 5.41) is 0. The molecule has 7 N–H and O–H groups in total. The standard InChI is InChI=1S/C4H9N7O/c5-1-12-11-4-9-2(6)8-3(7)10-4/h1,5H2,(H5,6,7,8,9,10,11). The third kappa shape index (κ3) is 2.18. The summed E-state index contributed by atoms with van der Waals surface area (Å²) in [5.74, 6) is 0.168. The van der Waals surface area contributed by atoms with Gasteiger partial charge in [-0.05, 0) is 0 Å². The van der Waals surface area contributed by atoms with Crippen molar-refractivity contribution in [2.45, 2.75) is 0 Å². The largest absolute Gasteiger partial charge is 0.368 e. The van der Waals surface area contributed by atoms with E-state index in [1.54, 1.807) is 0 Å². The molecule has 8 nitrogen and oxygen atoms in total. The maximum atomic E-state index is 5.26. The summed E-state index contributed by atoms with van der Waals surface area (Å²) >= 11 is 0. The van der Waals surface area contributed by atoms with Crippen molar-refractivity contribution in [3.8, 4) is 0 Å². The molecular weight excluding hydrogens is 162 g/mol. The average molecular weight is 171 g/mol. The fraction of sp³-hybridized carbons (Fsp3) is 0.250. The zero-order chi connectivity index (χ0) is 8.97. The molecule has 0 aliphatic carbocycles. The van der Waals surface area contributed by atoms with Gasteiger partial charge in [0.05, 0.1) is 0 Å². The van der Waals surface area contributed by atoms with Gasteiger partial charge in [0.15, 0.2) is 0 Å². The summed E-state index contributed by atoms with van der Waals surface area (Å²) in [6.45, 7) is -0.00844. The summed E-state index contributed by atoms with van der Waals surface area (Å²) in [6, 6.07) is 0. The molecule has 0 saturated heterocycles. The molecule has 1 rings (SSSR count). The van der Waals surface area contributed by atoms with Crippen molar-refractivity contribution in [3.63, 3.8) is 0 Å². The summed E-state index contributed by atoms with van der Waals surface area (Å²) < 4.78 is 0. The molecule has 0 fully saturated rings. The summed E-state index contributed by atoms with van der Waals surface area (Å²) in [5.41, 5.74) is 17.9. The number of nitrogens with one attached hydrogen (secondary N) is 1. The van der Waals surface area contributed by atoms with E-state index in [-0.39, 0.29) is 24.6 Å². The highest BCUT2D eigenvalue weighted by Gasteiger charge is 1.99. The Hall–Kier alpha value is -1.67. The molecule has 12 heavy (non-hydrogen) atoms. The smallest absolute Gasteiger partial charge is 0.253 e. The van der Waals surface area contributed by atoms with Crippen molar-refractivity contribution in [3.05, 3.63) is 0 Å². The maximum Gasteiger partial charge on any atom is 0.253 e. The van der Waals surface area contributed by atoms with Crippen LogP contribution in [0.25, 0.3) is 0 Å². The minimum absolute atomic E-state index is 0.00844.